The highest BCUT2D eigenvalue weighted by atomic mass is 32.1. The Morgan fingerprint density at radius 1 is 1.03 bits per heavy atom. The van der Waals surface area contributed by atoms with Crippen molar-refractivity contribution >= 4 is 33.3 Å². The lowest BCUT2D eigenvalue weighted by Crippen LogP contribution is -2.49. The molecule has 7 heteroatoms. The molecule has 0 saturated carbocycles. The third-order valence-corrected chi connectivity index (χ3v) is 8.18. The van der Waals surface area contributed by atoms with Gasteiger partial charge in [-0.15, -0.1) is 11.3 Å². The molecule has 186 valence electrons. The average Bonchev–Trinajstić information content (AvgIpc) is 3.20. The van der Waals surface area contributed by atoms with Gasteiger partial charge in [0.25, 0.3) is 0 Å². The summed E-state index contributed by atoms with van der Waals surface area (Å²) in [6.07, 6.45) is 2.39. The monoisotopic (exact) mass is 491 g/mol. The van der Waals surface area contributed by atoms with Crippen molar-refractivity contribution in [3.05, 3.63) is 52.2 Å². The normalized spacial score (nSPS) is 17.1. The molecule has 0 unspecified atom stereocenters. The number of piperazine rings is 1. The fourth-order valence-electron chi connectivity index (χ4n) is 5.16. The molecule has 0 aliphatic carbocycles. The van der Waals surface area contributed by atoms with Crippen LogP contribution < -0.4 is 4.90 Å². The van der Waals surface area contributed by atoms with E-state index in [-0.39, 0.29) is 11.3 Å². The third kappa shape index (κ3) is 5.36. The molecule has 2 aliphatic rings. The Bertz CT molecular complexity index is 1190. The van der Waals surface area contributed by atoms with Gasteiger partial charge in [-0.25, -0.2) is 9.97 Å². The molecule has 2 aliphatic heterocycles. The molecule has 0 bridgehead atoms. The number of nitrogens with zero attached hydrogens (tertiary/aromatic N) is 5. The van der Waals surface area contributed by atoms with E-state index in [2.05, 4.69) is 61.8 Å². The molecule has 0 radical (unpaired) electrons. The third-order valence-electron chi connectivity index (χ3n) is 7.07. The molecule has 6 nitrogen and oxygen atoms in total. The largest absolute Gasteiger partial charge is 0.352 e. The van der Waals surface area contributed by atoms with E-state index >= 15 is 0 Å². The summed E-state index contributed by atoms with van der Waals surface area (Å²) in [4.78, 5) is 32.6. The number of fused-ring (bicyclic) bond motifs is 3. The molecule has 3 aromatic rings. The van der Waals surface area contributed by atoms with Gasteiger partial charge in [0.1, 0.15) is 16.5 Å². The first-order valence-corrected chi connectivity index (χ1v) is 13.7. The second kappa shape index (κ2) is 9.86. The van der Waals surface area contributed by atoms with Crippen molar-refractivity contribution in [2.24, 2.45) is 5.41 Å². The molecule has 1 aromatic carbocycles. The first-order chi connectivity index (χ1) is 16.8. The first kappa shape index (κ1) is 24.2. The van der Waals surface area contributed by atoms with Crippen LogP contribution >= 0.6 is 11.3 Å². The van der Waals surface area contributed by atoms with Crippen LogP contribution in [-0.2, 0) is 24.2 Å². The van der Waals surface area contributed by atoms with Crippen molar-refractivity contribution in [2.75, 3.05) is 44.2 Å². The van der Waals surface area contributed by atoms with Crippen LogP contribution in [0.2, 0.25) is 0 Å². The lowest BCUT2D eigenvalue weighted by atomic mass is 9.91. The van der Waals surface area contributed by atoms with Crippen LogP contribution in [-0.4, -0.2) is 64.9 Å². The van der Waals surface area contributed by atoms with Crippen LogP contribution in [0.25, 0.3) is 10.2 Å². The van der Waals surface area contributed by atoms with E-state index < -0.39 is 0 Å². The Balaban J connectivity index is 1.46. The van der Waals surface area contributed by atoms with Crippen molar-refractivity contribution in [1.82, 2.24) is 19.8 Å². The summed E-state index contributed by atoms with van der Waals surface area (Å²) < 4.78 is 0. The minimum Gasteiger partial charge on any atom is -0.352 e. The number of likely N-dealkylation sites (N-methyl/N-ethyl adjacent to an activating group) is 1. The fraction of sp³-hybridized carbons (Fsp3) is 0.536. The number of carbonyl (C=O) groups is 1. The fourth-order valence-corrected chi connectivity index (χ4v) is 6.44. The highest BCUT2D eigenvalue weighted by Gasteiger charge is 2.29. The van der Waals surface area contributed by atoms with Crippen molar-refractivity contribution in [3.8, 4) is 0 Å². The lowest BCUT2D eigenvalue weighted by molar-refractivity contribution is -0.133. The van der Waals surface area contributed by atoms with Crippen LogP contribution in [0.4, 0.5) is 5.82 Å². The maximum atomic E-state index is 12.8. The quantitative estimate of drug-likeness (QED) is 0.516. The highest BCUT2D eigenvalue weighted by Crippen LogP contribution is 2.39. The number of rotatable bonds is 5. The van der Waals surface area contributed by atoms with Crippen molar-refractivity contribution in [1.29, 1.82) is 0 Å². The Morgan fingerprint density at radius 2 is 1.77 bits per heavy atom. The molecule has 0 spiro atoms. The molecule has 4 heterocycles. The lowest BCUT2D eigenvalue weighted by Gasteiger charge is -2.37. The van der Waals surface area contributed by atoms with E-state index in [0.717, 1.165) is 75.1 Å². The Morgan fingerprint density at radius 3 is 2.46 bits per heavy atom. The minimum absolute atomic E-state index is 0.0154. The molecular formula is C28H37N5OS. The van der Waals surface area contributed by atoms with Crippen LogP contribution in [0.5, 0.6) is 0 Å². The number of carbonyl (C=O) groups excluding carboxylic acids is 1. The molecule has 1 fully saturated rings. The molecule has 0 atom stereocenters. The number of amides is 1. The van der Waals surface area contributed by atoms with Crippen LogP contribution in [0.15, 0.2) is 30.3 Å². The zero-order valence-corrected chi connectivity index (χ0v) is 22.3. The highest BCUT2D eigenvalue weighted by molar-refractivity contribution is 7.19. The molecule has 5 rings (SSSR count). The van der Waals surface area contributed by atoms with E-state index in [1.54, 1.807) is 0 Å². The Kier molecular flexibility index (Phi) is 6.82. The van der Waals surface area contributed by atoms with Gasteiger partial charge in [0, 0.05) is 57.0 Å². The maximum absolute atomic E-state index is 12.8. The van der Waals surface area contributed by atoms with E-state index in [4.69, 9.17) is 9.97 Å². The predicted octanol–water partition coefficient (Wildman–Crippen LogP) is 4.74. The second-order valence-corrected chi connectivity index (χ2v) is 12.1. The number of anilines is 1. The number of benzene rings is 1. The van der Waals surface area contributed by atoms with Gasteiger partial charge < -0.3 is 9.80 Å². The number of aromatic nitrogens is 2. The number of hydrogen-bond acceptors (Lipinski definition) is 6. The summed E-state index contributed by atoms with van der Waals surface area (Å²) in [5.41, 5.74) is 2.69. The summed E-state index contributed by atoms with van der Waals surface area (Å²) in [5.74, 6) is 2.23. The van der Waals surface area contributed by atoms with E-state index in [0.29, 0.717) is 6.42 Å². The van der Waals surface area contributed by atoms with Crippen molar-refractivity contribution in [3.63, 3.8) is 0 Å². The van der Waals surface area contributed by atoms with Crippen molar-refractivity contribution in [2.45, 2.75) is 53.5 Å². The molecule has 35 heavy (non-hydrogen) atoms. The summed E-state index contributed by atoms with van der Waals surface area (Å²) >= 11 is 1.85. The zero-order chi connectivity index (χ0) is 24.6. The van der Waals surface area contributed by atoms with Gasteiger partial charge in [-0.2, -0.15) is 0 Å². The first-order valence-electron chi connectivity index (χ1n) is 12.9. The summed E-state index contributed by atoms with van der Waals surface area (Å²) in [6, 6.07) is 10.5. The molecule has 2 aromatic heterocycles. The van der Waals surface area contributed by atoms with Gasteiger partial charge in [-0.05, 0) is 29.5 Å². The van der Waals surface area contributed by atoms with Gasteiger partial charge in [0.15, 0.2) is 0 Å². The summed E-state index contributed by atoms with van der Waals surface area (Å²) in [7, 11) is 0. The van der Waals surface area contributed by atoms with Crippen molar-refractivity contribution < 1.29 is 4.79 Å². The topological polar surface area (TPSA) is 52.6 Å². The average molecular weight is 492 g/mol. The van der Waals surface area contributed by atoms with Crippen LogP contribution in [0.3, 0.4) is 0 Å². The zero-order valence-electron chi connectivity index (χ0n) is 21.5. The number of hydrogen-bond donors (Lipinski definition) is 0. The molecule has 1 amide bonds. The van der Waals surface area contributed by atoms with E-state index in [1.165, 1.54) is 21.4 Å². The second-order valence-electron chi connectivity index (χ2n) is 11.0. The summed E-state index contributed by atoms with van der Waals surface area (Å²) in [6.45, 7) is 15.0. The predicted molar refractivity (Wildman–Crippen MR) is 144 cm³/mol. The molecule has 0 N–H and O–H groups in total. The molecular weight excluding hydrogens is 454 g/mol. The standard InChI is InChI=1S/C28H37N5OS/c1-5-31-12-11-21-22(19-31)35-27-25(21)26(29-23(30-27)17-20-9-7-6-8-10-20)33-15-13-32(14-16-33)24(34)18-28(2,3)4/h6-10H,5,11-19H2,1-4H3. The Hall–Kier alpha value is -2.51. The van der Waals surface area contributed by atoms with Gasteiger partial charge in [-0.1, -0.05) is 58.0 Å². The summed E-state index contributed by atoms with van der Waals surface area (Å²) in [5, 5.41) is 1.26. The van der Waals surface area contributed by atoms with Gasteiger partial charge in [0.05, 0.1) is 5.39 Å². The maximum Gasteiger partial charge on any atom is 0.223 e. The van der Waals surface area contributed by atoms with E-state index in [9.17, 15) is 4.79 Å². The smallest absolute Gasteiger partial charge is 0.223 e. The molecule has 1 saturated heterocycles. The van der Waals surface area contributed by atoms with Gasteiger partial charge in [0.2, 0.25) is 5.91 Å². The SMILES string of the molecule is CCN1CCc2c(sc3nc(Cc4ccccc4)nc(N4CCN(C(=O)CC(C)(C)C)CC4)c23)C1. The van der Waals surface area contributed by atoms with Gasteiger partial charge in [-0.3, -0.25) is 9.69 Å². The van der Waals surface area contributed by atoms with Gasteiger partial charge >= 0.3 is 0 Å². The minimum atomic E-state index is 0.0154. The van der Waals surface area contributed by atoms with Crippen LogP contribution in [0.1, 0.15) is 55.9 Å². The van der Waals surface area contributed by atoms with E-state index in [1.807, 2.05) is 22.3 Å². The van der Waals surface area contributed by atoms with Crippen LogP contribution in [0, 0.1) is 5.41 Å². The Labute approximate surface area is 213 Å². The number of thiophene rings is 1.